The lowest BCUT2D eigenvalue weighted by molar-refractivity contribution is 0.0910. The normalized spacial score (nSPS) is 22.4. The van der Waals surface area contributed by atoms with Gasteiger partial charge in [-0.25, -0.2) is 0 Å². The SMILES string of the molecule is COc1cc(C(=O)NC2CCCCC2C)c(Cl)c(Cl)n1. The minimum Gasteiger partial charge on any atom is -0.481 e. The van der Waals surface area contributed by atoms with E-state index in [4.69, 9.17) is 27.9 Å². The van der Waals surface area contributed by atoms with Gasteiger partial charge in [-0.05, 0) is 18.8 Å². The topological polar surface area (TPSA) is 51.2 Å². The summed E-state index contributed by atoms with van der Waals surface area (Å²) in [4.78, 5) is 16.3. The maximum absolute atomic E-state index is 12.4. The van der Waals surface area contributed by atoms with Crippen molar-refractivity contribution in [3.8, 4) is 5.88 Å². The van der Waals surface area contributed by atoms with Gasteiger partial charge in [0.15, 0.2) is 5.15 Å². The largest absolute Gasteiger partial charge is 0.481 e. The number of ether oxygens (including phenoxy) is 1. The highest BCUT2D eigenvalue weighted by molar-refractivity contribution is 6.43. The Morgan fingerprint density at radius 2 is 2.10 bits per heavy atom. The van der Waals surface area contributed by atoms with Gasteiger partial charge in [-0.2, -0.15) is 4.98 Å². The van der Waals surface area contributed by atoms with E-state index in [0.29, 0.717) is 11.5 Å². The number of rotatable bonds is 3. The smallest absolute Gasteiger partial charge is 0.253 e. The van der Waals surface area contributed by atoms with Crippen LogP contribution < -0.4 is 10.1 Å². The van der Waals surface area contributed by atoms with E-state index in [1.54, 1.807) is 0 Å². The molecule has 1 aliphatic carbocycles. The van der Waals surface area contributed by atoms with E-state index in [2.05, 4.69) is 17.2 Å². The molecule has 2 unspecified atom stereocenters. The molecule has 6 heteroatoms. The molecule has 0 saturated heterocycles. The second kappa shape index (κ2) is 6.64. The number of carbonyl (C=O) groups excluding carboxylic acids is 1. The zero-order chi connectivity index (χ0) is 14.7. The third-order valence-corrected chi connectivity index (χ3v) is 4.53. The van der Waals surface area contributed by atoms with Crippen molar-refractivity contribution in [2.24, 2.45) is 5.92 Å². The van der Waals surface area contributed by atoms with Crippen LogP contribution in [0.3, 0.4) is 0 Å². The molecule has 2 rings (SSSR count). The van der Waals surface area contributed by atoms with Crippen LogP contribution in [0.1, 0.15) is 43.0 Å². The van der Waals surface area contributed by atoms with Crippen LogP contribution in [0.25, 0.3) is 0 Å². The molecule has 2 atom stereocenters. The monoisotopic (exact) mass is 316 g/mol. The van der Waals surface area contributed by atoms with Gasteiger partial charge in [0, 0.05) is 12.1 Å². The molecule has 1 amide bonds. The second-order valence-electron chi connectivity index (χ2n) is 5.16. The number of amides is 1. The third-order valence-electron chi connectivity index (χ3n) is 3.78. The predicted octanol–water partition coefficient (Wildman–Crippen LogP) is 3.71. The molecule has 0 spiro atoms. The number of aromatic nitrogens is 1. The molecule has 0 bridgehead atoms. The van der Waals surface area contributed by atoms with Crippen LogP contribution >= 0.6 is 23.2 Å². The number of methoxy groups -OCH3 is 1. The molecular weight excluding hydrogens is 299 g/mol. The van der Waals surface area contributed by atoms with Gasteiger partial charge in [0.05, 0.1) is 17.7 Å². The molecule has 110 valence electrons. The van der Waals surface area contributed by atoms with Crippen LogP contribution in [0.15, 0.2) is 6.07 Å². The van der Waals surface area contributed by atoms with Crippen LogP contribution in [0.4, 0.5) is 0 Å². The number of carbonyl (C=O) groups is 1. The Hall–Kier alpha value is -1.000. The summed E-state index contributed by atoms with van der Waals surface area (Å²) in [5.41, 5.74) is 0.307. The van der Waals surface area contributed by atoms with Gasteiger partial charge >= 0.3 is 0 Å². The molecule has 1 aromatic heterocycles. The molecule has 1 fully saturated rings. The summed E-state index contributed by atoms with van der Waals surface area (Å²) in [5, 5.41) is 3.28. The summed E-state index contributed by atoms with van der Waals surface area (Å²) in [6.45, 7) is 2.16. The number of hydrogen-bond donors (Lipinski definition) is 1. The minimum atomic E-state index is -0.226. The Morgan fingerprint density at radius 3 is 2.75 bits per heavy atom. The maximum atomic E-state index is 12.4. The maximum Gasteiger partial charge on any atom is 0.253 e. The summed E-state index contributed by atoms with van der Waals surface area (Å²) in [7, 11) is 1.47. The Labute approximate surface area is 128 Å². The lowest BCUT2D eigenvalue weighted by atomic mass is 9.86. The van der Waals surface area contributed by atoms with Gasteiger partial charge in [0.25, 0.3) is 5.91 Å². The Balaban J connectivity index is 2.18. The molecule has 20 heavy (non-hydrogen) atoms. The van der Waals surface area contributed by atoms with Crippen LogP contribution in [-0.2, 0) is 0 Å². The van der Waals surface area contributed by atoms with E-state index in [1.807, 2.05) is 0 Å². The lowest BCUT2D eigenvalue weighted by Crippen LogP contribution is -2.41. The highest BCUT2D eigenvalue weighted by Crippen LogP contribution is 2.29. The predicted molar refractivity (Wildman–Crippen MR) is 79.7 cm³/mol. The fourth-order valence-corrected chi connectivity index (χ4v) is 2.89. The van der Waals surface area contributed by atoms with Crippen molar-refractivity contribution in [3.05, 3.63) is 21.8 Å². The lowest BCUT2D eigenvalue weighted by Gasteiger charge is -2.29. The summed E-state index contributed by atoms with van der Waals surface area (Å²) in [6.07, 6.45) is 4.51. The average molecular weight is 317 g/mol. The van der Waals surface area contributed by atoms with Gasteiger partial charge in [0.2, 0.25) is 5.88 Å². The highest BCUT2D eigenvalue weighted by atomic mass is 35.5. The highest BCUT2D eigenvalue weighted by Gasteiger charge is 2.25. The average Bonchev–Trinajstić information content (AvgIpc) is 2.44. The van der Waals surface area contributed by atoms with Crippen molar-refractivity contribution in [2.75, 3.05) is 7.11 Å². The number of nitrogens with zero attached hydrogens (tertiary/aromatic N) is 1. The van der Waals surface area contributed by atoms with E-state index in [1.165, 1.54) is 19.6 Å². The van der Waals surface area contributed by atoms with Crippen LogP contribution in [0.2, 0.25) is 10.2 Å². The van der Waals surface area contributed by atoms with E-state index >= 15 is 0 Å². The van der Waals surface area contributed by atoms with Gasteiger partial charge < -0.3 is 10.1 Å². The van der Waals surface area contributed by atoms with Crippen LogP contribution in [0.5, 0.6) is 5.88 Å². The van der Waals surface area contributed by atoms with E-state index < -0.39 is 0 Å². The summed E-state index contributed by atoms with van der Waals surface area (Å²) >= 11 is 12.0. The summed E-state index contributed by atoms with van der Waals surface area (Å²) in [5.74, 6) is 0.531. The van der Waals surface area contributed by atoms with E-state index in [-0.39, 0.29) is 28.0 Å². The molecule has 1 aliphatic rings. The fraction of sp³-hybridized carbons (Fsp3) is 0.571. The summed E-state index contributed by atoms with van der Waals surface area (Å²) in [6, 6.07) is 1.70. The first-order chi connectivity index (χ1) is 9.52. The van der Waals surface area contributed by atoms with Crippen molar-refractivity contribution in [2.45, 2.75) is 38.6 Å². The van der Waals surface area contributed by atoms with Crippen molar-refractivity contribution in [1.82, 2.24) is 10.3 Å². The molecule has 1 aromatic rings. The molecule has 0 radical (unpaired) electrons. The molecule has 1 heterocycles. The molecule has 0 aromatic carbocycles. The number of pyridine rings is 1. The molecular formula is C14H18Cl2N2O2. The van der Waals surface area contributed by atoms with Crippen molar-refractivity contribution in [3.63, 3.8) is 0 Å². The van der Waals surface area contributed by atoms with Gasteiger partial charge in [0.1, 0.15) is 0 Å². The zero-order valence-electron chi connectivity index (χ0n) is 11.6. The van der Waals surface area contributed by atoms with Gasteiger partial charge in [-0.1, -0.05) is 43.0 Å². The van der Waals surface area contributed by atoms with E-state index in [0.717, 1.165) is 19.3 Å². The van der Waals surface area contributed by atoms with E-state index in [9.17, 15) is 4.79 Å². The molecule has 4 nitrogen and oxygen atoms in total. The molecule has 0 aliphatic heterocycles. The third kappa shape index (κ3) is 3.36. The summed E-state index contributed by atoms with van der Waals surface area (Å²) < 4.78 is 5.02. The Bertz CT molecular complexity index is 508. The van der Waals surface area contributed by atoms with Gasteiger partial charge in [-0.15, -0.1) is 0 Å². The van der Waals surface area contributed by atoms with Crippen molar-refractivity contribution >= 4 is 29.1 Å². The number of halogens is 2. The quantitative estimate of drug-likeness (QED) is 0.865. The van der Waals surface area contributed by atoms with Crippen molar-refractivity contribution in [1.29, 1.82) is 0 Å². The van der Waals surface area contributed by atoms with Crippen LogP contribution in [0, 0.1) is 5.92 Å². The van der Waals surface area contributed by atoms with Gasteiger partial charge in [-0.3, -0.25) is 4.79 Å². The molecule has 1 N–H and O–H groups in total. The first kappa shape index (κ1) is 15.4. The number of hydrogen-bond acceptors (Lipinski definition) is 3. The molecule has 1 saturated carbocycles. The Morgan fingerprint density at radius 1 is 1.40 bits per heavy atom. The second-order valence-corrected chi connectivity index (χ2v) is 5.89. The number of nitrogens with one attached hydrogen (secondary N) is 1. The standard InChI is InChI=1S/C14H18Cl2N2O2/c1-8-5-3-4-6-10(8)17-14(19)9-7-11(20-2)18-13(16)12(9)15/h7-8,10H,3-6H2,1-2H3,(H,17,19). The zero-order valence-corrected chi connectivity index (χ0v) is 13.1. The first-order valence-corrected chi connectivity index (χ1v) is 7.49. The fourth-order valence-electron chi connectivity index (χ4n) is 2.52. The Kier molecular flexibility index (Phi) is 5.11. The first-order valence-electron chi connectivity index (χ1n) is 6.73. The van der Waals surface area contributed by atoms with Crippen LogP contribution in [-0.4, -0.2) is 24.0 Å². The minimum absolute atomic E-state index is 0.0767. The van der Waals surface area contributed by atoms with Crippen molar-refractivity contribution < 1.29 is 9.53 Å².